The first-order valence-corrected chi connectivity index (χ1v) is 12.7. The molecule has 3 fully saturated rings. The molecule has 2 aliphatic carbocycles. The minimum absolute atomic E-state index is 0.131. The second kappa shape index (κ2) is 9.11. The molecule has 6 heteroatoms. The van der Waals surface area contributed by atoms with Gasteiger partial charge in [0, 0.05) is 5.56 Å². The molecular weight excluding hydrogens is 466 g/mol. The Morgan fingerprint density at radius 3 is 2.16 bits per heavy atom. The summed E-state index contributed by atoms with van der Waals surface area (Å²) >= 11 is 0. The maximum Gasteiger partial charge on any atom is 0.338 e. The fourth-order valence-electron chi connectivity index (χ4n) is 6.58. The van der Waals surface area contributed by atoms with Crippen molar-refractivity contribution in [1.29, 1.82) is 0 Å². The van der Waals surface area contributed by atoms with Crippen LogP contribution in [-0.2, 0) is 14.3 Å². The SMILES string of the molecule is Cc1ccc(C(=O)COC(=O)c2ccc(N3C(=O)[C@@H]4[C@@H]5C[C@@H]([C@H]4C3=O)[C@H](c3ccccc3)C5)cc2)cc1. The van der Waals surface area contributed by atoms with Crippen LogP contribution in [0.25, 0.3) is 0 Å². The fourth-order valence-corrected chi connectivity index (χ4v) is 6.58. The number of benzene rings is 3. The molecule has 2 saturated carbocycles. The Labute approximate surface area is 215 Å². The molecule has 3 aromatic carbocycles. The van der Waals surface area contributed by atoms with Crippen LogP contribution in [0.4, 0.5) is 5.69 Å². The number of fused-ring (bicyclic) bond motifs is 5. The lowest BCUT2D eigenvalue weighted by molar-refractivity contribution is -0.123. The zero-order valence-electron chi connectivity index (χ0n) is 20.5. The zero-order valence-corrected chi connectivity index (χ0v) is 20.5. The normalized spacial score (nSPS) is 25.9. The molecule has 3 aliphatic rings. The standard InChI is InChI=1S/C31H27NO5/c1-18-7-9-20(10-8-18)26(33)17-37-31(36)21-11-13-23(14-12-21)32-29(34)27-22-15-24(19-5-3-2-4-6-19)25(16-22)28(27)30(32)35/h2-14,22,24-25,27-28H,15-17H2,1H3/t22-,24-,25+,27+,28+/m0/s1. The molecule has 1 heterocycles. The minimum Gasteiger partial charge on any atom is -0.454 e. The fraction of sp³-hybridized carbons (Fsp3) is 0.290. The Hall–Kier alpha value is -4.06. The van der Waals surface area contributed by atoms with Crippen LogP contribution in [0, 0.1) is 30.6 Å². The number of Topliss-reactive ketones (excluding diaryl/α,β-unsaturated/α-hetero) is 1. The van der Waals surface area contributed by atoms with E-state index in [9.17, 15) is 19.2 Å². The van der Waals surface area contributed by atoms with Crippen molar-refractivity contribution < 1.29 is 23.9 Å². The van der Waals surface area contributed by atoms with Gasteiger partial charge in [-0.05, 0) is 67.3 Å². The summed E-state index contributed by atoms with van der Waals surface area (Å²) in [6, 6.07) is 23.6. The maximum absolute atomic E-state index is 13.5. The van der Waals surface area contributed by atoms with Crippen molar-refractivity contribution >= 4 is 29.3 Å². The largest absolute Gasteiger partial charge is 0.454 e. The summed E-state index contributed by atoms with van der Waals surface area (Å²) in [5, 5.41) is 0. The van der Waals surface area contributed by atoms with Crippen molar-refractivity contribution in [2.45, 2.75) is 25.7 Å². The van der Waals surface area contributed by atoms with E-state index in [4.69, 9.17) is 4.74 Å². The van der Waals surface area contributed by atoms with Gasteiger partial charge >= 0.3 is 5.97 Å². The molecule has 6 nitrogen and oxygen atoms in total. The lowest BCUT2D eigenvalue weighted by Crippen LogP contribution is -2.33. The summed E-state index contributed by atoms with van der Waals surface area (Å²) in [5.74, 6) is -1.01. The van der Waals surface area contributed by atoms with Gasteiger partial charge in [-0.1, -0.05) is 60.2 Å². The summed E-state index contributed by atoms with van der Waals surface area (Å²) in [6.45, 7) is 1.57. The molecule has 0 unspecified atom stereocenters. The second-order valence-electron chi connectivity index (χ2n) is 10.4. The molecule has 0 radical (unpaired) electrons. The van der Waals surface area contributed by atoms with E-state index in [0.29, 0.717) is 17.2 Å². The van der Waals surface area contributed by atoms with E-state index in [1.165, 1.54) is 22.6 Å². The molecule has 0 aromatic heterocycles. The average Bonchev–Trinajstić information content (AvgIpc) is 3.59. The van der Waals surface area contributed by atoms with Crippen molar-refractivity contribution in [1.82, 2.24) is 0 Å². The van der Waals surface area contributed by atoms with Crippen molar-refractivity contribution in [2.24, 2.45) is 23.7 Å². The highest BCUT2D eigenvalue weighted by atomic mass is 16.5. The van der Waals surface area contributed by atoms with E-state index in [0.717, 1.165) is 18.4 Å². The average molecular weight is 494 g/mol. The quantitative estimate of drug-likeness (QED) is 0.275. The molecule has 2 bridgehead atoms. The third-order valence-corrected chi connectivity index (χ3v) is 8.31. The van der Waals surface area contributed by atoms with Crippen molar-refractivity contribution in [2.75, 3.05) is 11.5 Å². The van der Waals surface area contributed by atoms with E-state index < -0.39 is 5.97 Å². The monoisotopic (exact) mass is 493 g/mol. The number of hydrogen-bond donors (Lipinski definition) is 0. The first-order valence-electron chi connectivity index (χ1n) is 12.7. The number of nitrogens with zero attached hydrogens (tertiary/aromatic N) is 1. The summed E-state index contributed by atoms with van der Waals surface area (Å²) < 4.78 is 5.20. The molecule has 37 heavy (non-hydrogen) atoms. The van der Waals surface area contributed by atoms with Crippen molar-refractivity contribution in [3.05, 3.63) is 101 Å². The number of ketones is 1. The summed E-state index contributed by atoms with van der Waals surface area (Å²) in [7, 11) is 0. The number of anilines is 1. The molecule has 2 amide bonds. The van der Waals surface area contributed by atoms with Gasteiger partial charge in [-0.25, -0.2) is 4.79 Å². The topological polar surface area (TPSA) is 80.8 Å². The van der Waals surface area contributed by atoms with Crippen molar-refractivity contribution in [3.8, 4) is 0 Å². The highest BCUT2D eigenvalue weighted by Crippen LogP contribution is 2.61. The first kappa shape index (κ1) is 23.3. The van der Waals surface area contributed by atoms with Crippen LogP contribution in [0.15, 0.2) is 78.9 Å². The number of ether oxygens (including phenoxy) is 1. The van der Waals surface area contributed by atoms with Gasteiger partial charge in [0.2, 0.25) is 11.8 Å². The highest BCUT2D eigenvalue weighted by Gasteiger charge is 2.64. The van der Waals surface area contributed by atoms with Gasteiger partial charge in [0.1, 0.15) is 0 Å². The van der Waals surface area contributed by atoms with Gasteiger partial charge in [-0.3, -0.25) is 19.3 Å². The van der Waals surface area contributed by atoms with Crippen LogP contribution in [0.1, 0.15) is 50.6 Å². The predicted octanol–water partition coefficient (Wildman–Crippen LogP) is 4.96. The predicted molar refractivity (Wildman–Crippen MR) is 137 cm³/mol. The van der Waals surface area contributed by atoms with Crippen LogP contribution in [0.3, 0.4) is 0 Å². The molecule has 1 aliphatic heterocycles. The van der Waals surface area contributed by atoms with Crippen LogP contribution in [0.5, 0.6) is 0 Å². The summed E-state index contributed by atoms with van der Waals surface area (Å²) in [5.41, 5.74) is 3.48. The Kier molecular flexibility index (Phi) is 5.75. The van der Waals surface area contributed by atoms with E-state index in [-0.39, 0.29) is 53.4 Å². The zero-order chi connectivity index (χ0) is 25.7. The van der Waals surface area contributed by atoms with Gasteiger partial charge in [-0.15, -0.1) is 0 Å². The number of carbonyl (C=O) groups excluding carboxylic acids is 4. The Balaban J connectivity index is 1.13. The molecule has 186 valence electrons. The molecule has 5 atom stereocenters. The molecule has 0 spiro atoms. The van der Waals surface area contributed by atoms with E-state index >= 15 is 0 Å². The van der Waals surface area contributed by atoms with E-state index in [1.807, 2.05) is 37.3 Å². The number of rotatable bonds is 6. The Morgan fingerprint density at radius 1 is 0.811 bits per heavy atom. The highest BCUT2D eigenvalue weighted by molar-refractivity contribution is 6.22. The first-order chi connectivity index (χ1) is 17.9. The molecular formula is C31H27NO5. The number of hydrogen-bond acceptors (Lipinski definition) is 5. The van der Waals surface area contributed by atoms with Crippen LogP contribution in [-0.4, -0.2) is 30.2 Å². The Bertz CT molecular complexity index is 1380. The van der Waals surface area contributed by atoms with Gasteiger partial charge in [0.15, 0.2) is 12.4 Å². The van der Waals surface area contributed by atoms with Gasteiger partial charge in [-0.2, -0.15) is 0 Å². The minimum atomic E-state index is -0.633. The number of amides is 2. The third kappa shape index (κ3) is 3.97. The number of imide groups is 1. The Morgan fingerprint density at radius 2 is 1.46 bits per heavy atom. The van der Waals surface area contributed by atoms with E-state index in [1.54, 1.807) is 24.3 Å². The maximum atomic E-state index is 13.5. The van der Waals surface area contributed by atoms with Crippen LogP contribution >= 0.6 is 0 Å². The number of carbonyl (C=O) groups is 4. The van der Waals surface area contributed by atoms with Gasteiger partial charge < -0.3 is 4.74 Å². The van der Waals surface area contributed by atoms with E-state index in [2.05, 4.69) is 12.1 Å². The molecule has 1 saturated heterocycles. The van der Waals surface area contributed by atoms with Crippen LogP contribution < -0.4 is 4.90 Å². The molecule has 6 rings (SSSR count). The molecule has 3 aromatic rings. The van der Waals surface area contributed by atoms with Crippen molar-refractivity contribution in [3.63, 3.8) is 0 Å². The smallest absolute Gasteiger partial charge is 0.338 e. The summed E-state index contributed by atoms with van der Waals surface area (Å²) in [6.07, 6.45) is 1.86. The lowest BCUT2D eigenvalue weighted by Gasteiger charge is -2.28. The number of esters is 1. The van der Waals surface area contributed by atoms with Crippen LogP contribution in [0.2, 0.25) is 0 Å². The second-order valence-corrected chi connectivity index (χ2v) is 10.4. The lowest BCUT2D eigenvalue weighted by atomic mass is 9.73. The molecule has 0 N–H and O–H groups in total. The van der Waals surface area contributed by atoms with Gasteiger partial charge in [0.05, 0.1) is 23.1 Å². The number of aryl methyl sites for hydroxylation is 1. The van der Waals surface area contributed by atoms with Gasteiger partial charge in [0.25, 0.3) is 0 Å². The summed E-state index contributed by atoms with van der Waals surface area (Å²) in [4.78, 5) is 53.0. The third-order valence-electron chi connectivity index (χ3n) is 8.31.